The third kappa shape index (κ3) is 6.33. The number of pyridine rings is 1. The van der Waals surface area contributed by atoms with Crippen LogP contribution in [0.4, 0.5) is 5.82 Å². The van der Waals surface area contributed by atoms with Gasteiger partial charge in [0, 0.05) is 44.9 Å². The molecule has 2 heterocycles. The minimum atomic E-state index is -0.667. The summed E-state index contributed by atoms with van der Waals surface area (Å²) in [5.74, 6) is 2.19. The summed E-state index contributed by atoms with van der Waals surface area (Å²) >= 11 is 0. The summed E-state index contributed by atoms with van der Waals surface area (Å²) in [5.41, 5.74) is 0.931. The number of methoxy groups -OCH3 is 2. The average molecular weight is 424 g/mol. The number of nitrogens with zero attached hydrogens (tertiary/aromatic N) is 3. The molecule has 0 radical (unpaired) electrons. The lowest BCUT2D eigenvalue weighted by Crippen LogP contribution is -2.48. The lowest BCUT2D eigenvalue weighted by molar-refractivity contribution is -0.126. The van der Waals surface area contributed by atoms with E-state index in [9.17, 15) is 9.90 Å². The quantitative estimate of drug-likeness (QED) is 0.519. The third-order valence-electron chi connectivity index (χ3n) is 5.14. The Morgan fingerprint density at radius 1 is 1.10 bits per heavy atom. The van der Waals surface area contributed by atoms with Gasteiger partial charge in [-0.2, -0.15) is 0 Å². The van der Waals surface area contributed by atoms with E-state index in [-0.39, 0.29) is 5.91 Å². The summed E-state index contributed by atoms with van der Waals surface area (Å²) in [6, 6.07) is 11.4. The number of piperazine rings is 1. The first kappa shape index (κ1) is 22.4. The summed E-state index contributed by atoms with van der Waals surface area (Å²) in [6.45, 7) is 2.84. The summed E-state index contributed by atoms with van der Waals surface area (Å²) in [4.78, 5) is 20.8. The van der Waals surface area contributed by atoms with Crippen molar-refractivity contribution in [1.82, 2.24) is 9.88 Å². The number of rotatable bonds is 8. The standard InChI is InChI=1S/C24H29N3O4/c1-30-21-11-10-19(18-22(21)31-2)17-20(28)7-3-4-9-24(29)27-15-13-26(14-16-27)23-8-5-6-12-25-23/h3-12,18,20,28H,13-17H2,1-2H3/b7-3+,9-4+/t20-/m0/s1. The highest BCUT2D eigenvalue weighted by atomic mass is 16.5. The third-order valence-corrected chi connectivity index (χ3v) is 5.14. The van der Waals surface area contributed by atoms with Crippen molar-refractivity contribution in [3.05, 3.63) is 72.5 Å². The Balaban J connectivity index is 1.45. The first-order chi connectivity index (χ1) is 15.1. The summed E-state index contributed by atoms with van der Waals surface area (Å²) in [7, 11) is 3.17. The highest BCUT2D eigenvalue weighted by Crippen LogP contribution is 2.28. The second-order valence-electron chi connectivity index (χ2n) is 7.21. The zero-order valence-corrected chi connectivity index (χ0v) is 18.0. The van der Waals surface area contributed by atoms with Gasteiger partial charge in [-0.3, -0.25) is 4.79 Å². The highest BCUT2D eigenvalue weighted by Gasteiger charge is 2.20. The maximum atomic E-state index is 12.4. The molecule has 3 rings (SSSR count). The molecule has 164 valence electrons. The van der Waals surface area contributed by atoms with E-state index < -0.39 is 6.10 Å². The lowest BCUT2D eigenvalue weighted by atomic mass is 10.1. The Morgan fingerprint density at radius 3 is 2.55 bits per heavy atom. The number of aliphatic hydroxyl groups is 1. The van der Waals surface area contributed by atoms with Gasteiger partial charge in [0.1, 0.15) is 5.82 Å². The van der Waals surface area contributed by atoms with Gasteiger partial charge >= 0.3 is 0 Å². The van der Waals surface area contributed by atoms with Crippen molar-refractivity contribution >= 4 is 11.7 Å². The zero-order chi connectivity index (χ0) is 22.1. The molecule has 0 bridgehead atoms. The Kier molecular flexibility index (Phi) is 8.06. The first-order valence-electron chi connectivity index (χ1n) is 10.3. The van der Waals surface area contributed by atoms with Crippen LogP contribution in [0.3, 0.4) is 0 Å². The van der Waals surface area contributed by atoms with Crippen LogP contribution in [0.2, 0.25) is 0 Å². The second kappa shape index (κ2) is 11.2. The number of benzene rings is 1. The number of anilines is 1. The van der Waals surface area contributed by atoms with Gasteiger partial charge in [0.25, 0.3) is 0 Å². The summed E-state index contributed by atoms with van der Waals surface area (Å²) in [6.07, 6.45) is 8.13. The normalized spacial score (nSPS) is 15.5. The van der Waals surface area contributed by atoms with Crippen molar-refractivity contribution in [1.29, 1.82) is 0 Å². The maximum absolute atomic E-state index is 12.4. The Bertz CT molecular complexity index is 906. The number of hydrogen-bond acceptors (Lipinski definition) is 6. The molecule has 1 amide bonds. The minimum absolute atomic E-state index is 0.0281. The van der Waals surface area contributed by atoms with Crippen LogP contribution in [0.15, 0.2) is 66.9 Å². The van der Waals surface area contributed by atoms with E-state index in [0.29, 0.717) is 31.0 Å². The Labute approximate surface area is 183 Å². The van der Waals surface area contributed by atoms with E-state index in [1.54, 1.807) is 38.6 Å². The Hall–Kier alpha value is -3.32. The van der Waals surface area contributed by atoms with Gasteiger partial charge in [-0.1, -0.05) is 30.4 Å². The molecule has 1 aliphatic rings. The summed E-state index contributed by atoms with van der Waals surface area (Å²) in [5, 5.41) is 10.2. The molecule has 1 fully saturated rings. The molecule has 0 saturated carbocycles. The molecule has 2 aromatic rings. The number of aromatic nitrogens is 1. The number of carbonyl (C=O) groups is 1. The van der Waals surface area contributed by atoms with Gasteiger partial charge in [0.05, 0.1) is 20.3 Å². The number of carbonyl (C=O) groups excluding carboxylic acids is 1. The van der Waals surface area contributed by atoms with Gasteiger partial charge in [-0.05, 0) is 29.8 Å². The van der Waals surface area contributed by atoms with E-state index in [1.807, 2.05) is 41.3 Å². The predicted molar refractivity (Wildman–Crippen MR) is 121 cm³/mol. The van der Waals surface area contributed by atoms with Crippen molar-refractivity contribution in [3.8, 4) is 11.5 Å². The lowest BCUT2D eigenvalue weighted by Gasteiger charge is -2.34. The van der Waals surface area contributed by atoms with E-state index in [4.69, 9.17) is 9.47 Å². The van der Waals surface area contributed by atoms with Crippen LogP contribution in [0, 0.1) is 0 Å². The van der Waals surface area contributed by atoms with Crippen LogP contribution in [0.5, 0.6) is 11.5 Å². The van der Waals surface area contributed by atoms with Crippen LogP contribution in [-0.4, -0.2) is 67.4 Å². The fourth-order valence-corrected chi connectivity index (χ4v) is 3.45. The summed E-state index contributed by atoms with van der Waals surface area (Å²) < 4.78 is 10.5. The van der Waals surface area contributed by atoms with Crippen LogP contribution in [-0.2, 0) is 11.2 Å². The number of allylic oxidation sites excluding steroid dienone is 2. The van der Waals surface area contributed by atoms with Crippen molar-refractivity contribution in [2.24, 2.45) is 0 Å². The molecule has 7 heteroatoms. The molecule has 0 spiro atoms. The number of amides is 1. The fraction of sp³-hybridized carbons (Fsp3) is 0.333. The van der Waals surface area contributed by atoms with Crippen LogP contribution in [0.1, 0.15) is 5.56 Å². The largest absolute Gasteiger partial charge is 0.493 e. The SMILES string of the molecule is COc1ccc(C[C@@H](O)/C=C/C=C/C(=O)N2CCN(c3ccccn3)CC2)cc1OC. The monoisotopic (exact) mass is 423 g/mol. The highest BCUT2D eigenvalue weighted by molar-refractivity contribution is 5.88. The average Bonchev–Trinajstić information content (AvgIpc) is 2.82. The van der Waals surface area contributed by atoms with Crippen LogP contribution in [0.25, 0.3) is 0 Å². The van der Waals surface area contributed by atoms with Crippen LogP contribution < -0.4 is 14.4 Å². The predicted octanol–water partition coefficient (Wildman–Crippen LogP) is 2.46. The molecule has 1 aliphatic heterocycles. The van der Waals surface area contributed by atoms with Gasteiger partial charge < -0.3 is 24.4 Å². The molecular formula is C24H29N3O4. The van der Waals surface area contributed by atoms with Crippen molar-refractivity contribution in [2.45, 2.75) is 12.5 Å². The van der Waals surface area contributed by atoms with Gasteiger partial charge in [0.15, 0.2) is 11.5 Å². The molecule has 0 unspecified atom stereocenters. The molecule has 1 aromatic heterocycles. The number of aliphatic hydroxyl groups excluding tert-OH is 1. The van der Waals surface area contributed by atoms with Crippen molar-refractivity contribution in [2.75, 3.05) is 45.3 Å². The van der Waals surface area contributed by atoms with Gasteiger partial charge in [-0.25, -0.2) is 4.98 Å². The second-order valence-corrected chi connectivity index (χ2v) is 7.21. The van der Waals surface area contributed by atoms with E-state index in [1.165, 1.54) is 6.08 Å². The van der Waals surface area contributed by atoms with E-state index in [0.717, 1.165) is 24.5 Å². The maximum Gasteiger partial charge on any atom is 0.246 e. The van der Waals surface area contributed by atoms with Crippen molar-refractivity contribution in [3.63, 3.8) is 0 Å². The topological polar surface area (TPSA) is 75.1 Å². The fourth-order valence-electron chi connectivity index (χ4n) is 3.45. The molecule has 31 heavy (non-hydrogen) atoms. The molecule has 0 aliphatic carbocycles. The smallest absolute Gasteiger partial charge is 0.246 e. The van der Waals surface area contributed by atoms with Crippen LogP contribution >= 0.6 is 0 Å². The zero-order valence-electron chi connectivity index (χ0n) is 18.0. The molecule has 1 N–H and O–H groups in total. The number of ether oxygens (including phenoxy) is 2. The first-order valence-corrected chi connectivity index (χ1v) is 10.3. The molecule has 1 atom stereocenters. The molecule has 1 saturated heterocycles. The molecule has 1 aromatic carbocycles. The number of hydrogen-bond donors (Lipinski definition) is 1. The van der Waals surface area contributed by atoms with E-state index in [2.05, 4.69) is 9.88 Å². The van der Waals surface area contributed by atoms with Crippen molar-refractivity contribution < 1.29 is 19.4 Å². The van der Waals surface area contributed by atoms with Gasteiger partial charge in [-0.15, -0.1) is 0 Å². The molecular weight excluding hydrogens is 394 g/mol. The Morgan fingerprint density at radius 2 is 1.87 bits per heavy atom. The van der Waals surface area contributed by atoms with E-state index >= 15 is 0 Å². The minimum Gasteiger partial charge on any atom is -0.493 e. The van der Waals surface area contributed by atoms with Gasteiger partial charge in [0.2, 0.25) is 5.91 Å². The molecule has 7 nitrogen and oxygen atoms in total.